The number of ether oxygens (including phenoxy) is 1. The van der Waals surface area contributed by atoms with Gasteiger partial charge in [0.25, 0.3) is 5.91 Å². The molecular weight excluding hydrogens is 529 g/mol. The number of carbonyl (C=O) groups excluding carboxylic acids is 1. The Kier molecular flexibility index (Phi) is 8.00. The Bertz CT molecular complexity index is 1540. The SMILES string of the molecule is Cc1nn(Cc2c(F)c(F)c(F)c(F)c2F)c(C)c1NC(=O)c1cccc(COc2ccc(C(C)(C)C)cc2)c1. The first kappa shape index (κ1) is 28.8. The molecule has 0 saturated heterocycles. The smallest absolute Gasteiger partial charge is 0.255 e. The molecule has 1 aromatic heterocycles. The van der Waals surface area contributed by atoms with Crippen LogP contribution in [-0.2, 0) is 18.6 Å². The van der Waals surface area contributed by atoms with E-state index in [1.54, 1.807) is 25.1 Å². The lowest BCUT2D eigenvalue weighted by atomic mass is 9.87. The lowest BCUT2D eigenvalue weighted by molar-refractivity contribution is 0.102. The number of aryl methyl sites for hydroxylation is 1. The fourth-order valence-electron chi connectivity index (χ4n) is 4.18. The molecule has 0 bridgehead atoms. The third-order valence-corrected chi connectivity index (χ3v) is 6.54. The second kappa shape index (κ2) is 11.1. The van der Waals surface area contributed by atoms with Crippen LogP contribution in [0.4, 0.5) is 27.6 Å². The first-order valence-corrected chi connectivity index (χ1v) is 12.5. The lowest BCUT2D eigenvalue weighted by Gasteiger charge is -2.19. The van der Waals surface area contributed by atoms with Crippen molar-refractivity contribution < 1.29 is 31.5 Å². The van der Waals surface area contributed by atoms with Crippen LogP contribution in [0.2, 0.25) is 0 Å². The van der Waals surface area contributed by atoms with Crippen molar-refractivity contribution in [3.8, 4) is 5.75 Å². The topological polar surface area (TPSA) is 56.2 Å². The van der Waals surface area contributed by atoms with Crippen LogP contribution in [0.1, 0.15) is 59.2 Å². The summed E-state index contributed by atoms with van der Waals surface area (Å²) in [5, 5.41) is 6.85. The van der Waals surface area contributed by atoms with Gasteiger partial charge < -0.3 is 10.1 Å². The Morgan fingerprint density at radius 1 is 0.900 bits per heavy atom. The molecule has 0 radical (unpaired) electrons. The van der Waals surface area contributed by atoms with E-state index in [0.717, 1.165) is 10.2 Å². The van der Waals surface area contributed by atoms with Crippen LogP contribution in [0.25, 0.3) is 0 Å². The molecule has 1 amide bonds. The molecule has 0 aliphatic carbocycles. The van der Waals surface area contributed by atoms with Gasteiger partial charge in [0, 0.05) is 5.56 Å². The van der Waals surface area contributed by atoms with Crippen molar-refractivity contribution in [3.05, 3.63) is 111 Å². The van der Waals surface area contributed by atoms with Crippen LogP contribution in [0, 0.1) is 42.9 Å². The average Bonchev–Trinajstić information content (AvgIpc) is 3.19. The molecule has 0 aliphatic heterocycles. The number of benzene rings is 3. The molecule has 0 aliphatic rings. The quantitative estimate of drug-likeness (QED) is 0.147. The number of nitrogens with one attached hydrogen (secondary N) is 1. The Labute approximate surface area is 228 Å². The van der Waals surface area contributed by atoms with E-state index < -0.39 is 47.1 Å². The highest BCUT2D eigenvalue weighted by molar-refractivity contribution is 6.05. The van der Waals surface area contributed by atoms with E-state index in [0.29, 0.717) is 17.0 Å². The van der Waals surface area contributed by atoms with Crippen LogP contribution < -0.4 is 10.1 Å². The second-order valence-electron chi connectivity index (χ2n) is 10.5. The third-order valence-electron chi connectivity index (χ3n) is 6.54. The van der Waals surface area contributed by atoms with Crippen molar-refractivity contribution in [2.24, 2.45) is 0 Å². The maximum Gasteiger partial charge on any atom is 0.255 e. The summed E-state index contributed by atoms with van der Waals surface area (Å²) < 4.78 is 76.0. The summed E-state index contributed by atoms with van der Waals surface area (Å²) in [6.07, 6.45) is 0. The molecule has 1 heterocycles. The van der Waals surface area contributed by atoms with Crippen molar-refractivity contribution >= 4 is 11.6 Å². The third kappa shape index (κ3) is 5.85. The molecule has 0 fully saturated rings. The summed E-state index contributed by atoms with van der Waals surface area (Å²) in [7, 11) is 0. The van der Waals surface area contributed by atoms with Gasteiger partial charge in [0.15, 0.2) is 23.3 Å². The van der Waals surface area contributed by atoms with Crippen LogP contribution in [0.3, 0.4) is 0 Å². The van der Waals surface area contributed by atoms with Gasteiger partial charge in [0.05, 0.1) is 29.2 Å². The number of halogens is 5. The molecule has 40 heavy (non-hydrogen) atoms. The number of hydrogen-bond acceptors (Lipinski definition) is 3. The number of carbonyl (C=O) groups is 1. The molecule has 0 saturated carbocycles. The second-order valence-corrected chi connectivity index (χ2v) is 10.5. The van der Waals surface area contributed by atoms with Crippen molar-refractivity contribution in [2.75, 3.05) is 5.32 Å². The normalized spacial score (nSPS) is 11.6. The maximum atomic E-state index is 14.2. The number of rotatable bonds is 7. The molecule has 210 valence electrons. The molecule has 3 aromatic carbocycles. The highest BCUT2D eigenvalue weighted by Crippen LogP contribution is 2.27. The van der Waals surface area contributed by atoms with Crippen LogP contribution in [-0.4, -0.2) is 15.7 Å². The zero-order valence-electron chi connectivity index (χ0n) is 22.6. The van der Waals surface area contributed by atoms with Gasteiger partial charge in [-0.3, -0.25) is 9.48 Å². The minimum atomic E-state index is -2.23. The molecule has 4 aromatic rings. The molecule has 1 N–H and O–H groups in total. The minimum Gasteiger partial charge on any atom is -0.489 e. The van der Waals surface area contributed by atoms with Crippen molar-refractivity contribution in [2.45, 2.75) is 53.2 Å². The number of nitrogens with zero attached hydrogens (tertiary/aromatic N) is 2. The molecule has 10 heteroatoms. The van der Waals surface area contributed by atoms with E-state index in [2.05, 4.69) is 31.2 Å². The van der Waals surface area contributed by atoms with Gasteiger partial charge in [0.1, 0.15) is 12.4 Å². The summed E-state index contributed by atoms with van der Waals surface area (Å²) >= 11 is 0. The van der Waals surface area contributed by atoms with Gasteiger partial charge >= 0.3 is 0 Å². The standard InChI is InChI=1S/C30H28F5N3O2/c1-16-28(17(2)38(37-16)14-22-23(31)25(33)27(35)26(34)24(22)32)36-29(39)19-8-6-7-18(13-19)15-40-21-11-9-20(10-12-21)30(3,4)5/h6-13H,14-15H2,1-5H3,(H,36,39). The Hall–Kier alpha value is -4.21. The summed E-state index contributed by atoms with van der Waals surface area (Å²) in [4.78, 5) is 13.0. The van der Waals surface area contributed by atoms with Crippen LogP contribution in [0.15, 0.2) is 48.5 Å². The highest BCUT2D eigenvalue weighted by Gasteiger charge is 2.27. The molecular formula is C30H28F5N3O2. The minimum absolute atomic E-state index is 0.0244. The fraction of sp³-hybridized carbons (Fsp3) is 0.267. The predicted molar refractivity (Wildman–Crippen MR) is 141 cm³/mol. The van der Waals surface area contributed by atoms with Crippen molar-refractivity contribution in [1.29, 1.82) is 0 Å². The van der Waals surface area contributed by atoms with E-state index in [1.807, 2.05) is 30.3 Å². The van der Waals surface area contributed by atoms with E-state index >= 15 is 0 Å². The number of aromatic nitrogens is 2. The van der Waals surface area contributed by atoms with E-state index in [-0.39, 0.29) is 23.4 Å². The van der Waals surface area contributed by atoms with Gasteiger partial charge in [-0.1, -0.05) is 45.0 Å². The summed E-state index contributed by atoms with van der Waals surface area (Å²) in [6, 6.07) is 14.6. The van der Waals surface area contributed by atoms with Crippen LogP contribution in [0.5, 0.6) is 5.75 Å². The summed E-state index contributed by atoms with van der Waals surface area (Å²) in [5.74, 6) is -9.94. The average molecular weight is 558 g/mol. The first-order chi connectivity index (χ1) is 18.8. The zero-order chi connectivity index (χ0) is 29.4. The molecule has 0 spiro atoms. The van der Waals surface area contributed by atoms with Gasteiger partial charge in [-0.2, -0.15) is 5.10 Å². The summed E-state index contributed by atoms with van der Waals surface area (Å²) in [5.41, 5.74) is 2.09. The zero-order valence-corrected chi connectivity index (χ0v) is 22.6. The van der Waals surface area contributed by atoms with Gasteiger partial charge in [-0.25, -0.2) is 22.0 Å². The van der Waals surface area contributed by atoms with E-state index in [1.165, 1.54) is 12.5 Å². The van der Waals surface area contributed by atoms with E-state index in [4.69, 9.17) is 4.74 Å². The maximum absolute atomic E-state index is 14.2. The van der Waals surface area contributed by atoms with E-state index in [9.17, 15) is 26.7 Å². The predicted octanol–water partition coefficient (Wildman–Crippen LogP) is 7.37. The van der Waals surface area contributed by atoms with Gasteiger partial charge in [0.2, 0.25) is 5.82 Å². The fourth-order valence-corrected chi connectivity index (χ4v) is 4.18. The Morgan fingerprint density at radius 3 is 2.10 bits per heavy atom. The van der Waals surface area contributed by atoms with Gasteiger partial charge in [-0.15, -0.1) is 0 Å². The monoisotopic (exact) mass is 557 g/mol. The number of amides is 1. The highest BCUT2D eigenvalue weighted by atomic mass is 19.2. The molecule has 0 unspecified atom stereocenters. The Balaban J connectivity index is 1.48. The Morgan fingerprint density at radius 2 is 1.50 bits per heavy atom. The van der Waals surface area contributed by atoms with Crippen molar-refractivity contribution in [1.82, 2.24) is 9.78 Å². The van der Waals surface area contributed by atoms with Gasteiger partial charge in [-0.05, 0) is 54.7 Å². The molecule has 5 nitrogen and oxygen atoms in total. The number of anilines is 1. The molecule has 4 rings (SSSR count). The van der Waals surface area contributed by atoms with Crippen molar-refractivity contribution in [3.63, 3.8) is 0 Å². The number of hydrogen-bond donors (Lipinski definition) is 1. The summed E-state index contributed by atoms with van der Waals surface area (Å²) in [6.45, 7) is 8.94. The largest absolute Gasteiger partial charge is 0.489 e. The molecule has 0 atom stereocenters. The van der Waals surface area contributed by atoms with Crippen LogP contribution >= 0.6 is 0 Å². The first-order valence-electron chi connectivity index (χ1n) is 12.5. The lowest BCUT2D eigenvalue weighted by Crippen LogP contribution is -2.15.